The summed E-state index contributed by atoms with van der Waals surface area (Å²) in [5.74, 6) is -2.01. The predicted octanol–water partition coefficient (Wildman–Crippen LogP) is 3.11. The molecule has 1 aromatic carbocycles. The van der Waals surface area contributed by atoms with Crippen molar-refractivity contribution in [1.29, 1.82) is 0 Å². The average Bonchev–Trinajstić information content (AvgIpc) is 2.86. The fourth-order valence-electron chi connectivity index (χ4n) is 2.18. The van der Waals surface area contributed by atoms with E-state index in [-0.39, 0.29) is 4.91 Å². The number of thioether (sulfide) groups is 1. The van der Waals surface area contributed by atoms with Crippen molar-refractivity contribution in [3.05, 3.63) is 30.6 Å². The molecule has 2 rings (SSSR count). The maximum atomic E-state index is 12.5. The molecule has 0 radical (unpaired) electrons. The summed E-state index contributed by atoms with van der Waals surface area (Å²) in [6.45, 7) is 0.928. The largest absolute Gasteiger partial charge is 0.480 e. The van der Waals surface area contributed by atoms with Gasteiger partial charge in [0.25, 0.3) is 11.1 Å². The van der Waals surface area contributed by atoms with Crippen LogP contribution in [0.25, 0.3) is 6.08 Å². The highest BCUT2D eigenvalue weighted by Crippen LogP contribution is 2.36. The van der Waals surface area contributed by atoms with Gasteiger partial charge in [-0.05, 0) is 81.0 Å². The van der Waals surface area contributed by atoms with Crippen LogP contribution in [0.3, 0.4) is 0 Å². The van der Waals surface area contributed by atoms with Crippen LogP contribution >= 0.6 is 50.3 Å². The number of benzene rings is 1. The lowest BCUT2D eigenvalue weighted by atomic mass is 10.2. The third kappa shape index (κ3) is 5.02. The monoisotopic (exact) mass is 569 g/mol. The maximum Gasteiger partial charge on any atom is 0.341 e. The number of aliphatic carboxylic acids is 1. The lowest BCUT2D eigenvalue weighted by Gasteiger charge is -2.18. The van der Waals surface area contributed by atoms with Crippen molar-refractivity contribution in [3.8, 4) is 5.75 Å². The minimum Gasteiger partial charge on any atom is -0.480 e. The van der Waals surface area contributed by atoms with Crippen molar-refractivity contribution in [2.24, 2.45) is 0 Å². The number of amides is 2. The first-order chi connectivity index (χ1) is 12.6. The summed E-state index contributed by atoms with van der Waals surface area (Å²) in [6.07, 6.45) is 1.52. The zero-order chi connectivity index (χ0) is 20.3. The Hall–Kier alpha value is -1.60. The van der Waals surface area contributed by atoms with Crippen LogP contribution in [0.5, 0.6) is 5.75 Å². The lowest BCUT2D eigenvalue weighted by Crippen LogP contribution is -2.42. The van der Waals surface area contributed by atoms with Gasteiger partial charge in [0.05, 0.1) is 20.1 Å². The summed E-state index contributed by atoms with van der Waals surface area (Å²) < 4.78 is 10.9. The Morgan fingerprint density at radius 2 is 2.07 bits per heavy atom. The van der Waals surface area contributed by atoms with Crippen LogP contribution in [-0.2, 0) is 19.1 Å². The molecule has 1 heterocycles. The van der Waals surface area contributed by atoms with E-state index in [1.165, 1.54) is 20.1 Å². The SMILES string of the molecule is COC(=O)[C@@H](C)N1C(=O)S/C(=C/c2cc(Br)c(OCC(=O)O)c(I)c2)C1=O. The van der Waals surface area contributed by atoms with Gasteiger partial charge in [0, 0.05) is 0 Å². The standard InChI is InChI=1S/C16H13BrINO7S/c1-7(15(23)25-2)19-14(22)11(27-16(19)24)5-8-3-9(17)13(10(18)4-8)26-6-12(20)21/h3-5,7H,6H2,1-2H3,(H,20,21)/b11-5+/t7-/m1/s1. The number of nitrogens with zero attached hydrogens (tertiary/aromatic N) is 1. The fraction of sp³-hybridized carbons (Fsp3) is 0.250. The molecule has 1 N–H and O–H groups in total. The number of imide groups is 1. The number of carboxylic acid groups (broad SMARTS) is 1. The van der Waals surface area contributed by atoms with Crippen molar-refractivity contribution >= 4 is 79.4 Å². The van der Waals surface area contributed by atoms with Gasteiger partial charge in [-0.2, -0.15) is 0 Å². The number of carbonyl (C=O) groups is 4. The Morgan fingerprint density at radius 1 is 1.41 bits per heavy atom. The highest BCUT2D eigenvalue weighted by Gasteiger charge is 2.41. The van der Waals surface area contributed by atoms with E-state index in [0.29, 0.717) is 19.4 Å². The summed E-state index contributed by atoms with van der Waals surface area (Å²) in [6, 6.07) is 2.30. The molecule has 0 saturated carbocycles. The summed E-state index contributed by atoms with van der Waals surface area (Å²) in [4.78, 5) is 47.9. The van der Waals surface area contributed by atoms with Crippen molar-refractivity contribution in [2.45, 2.75) is 13.0 Å². The Kier molecular flexibility index (Phi) is 7.28. The number of esters is 1. The summed E-state index contributed by atoms with van der Waals surface area (Å²) >= 11 is 6.01. The average molecular weight is 570 g/mol. The van der Waals surface area contributed by atoms with E-state index in [0.717, 1.165) is 16.7 Å². The highest BCUT2D eigenvalue weighted by atomic mass is 127. The molecule has 0 bridgehead atoms. The lowest BCUT2D eigenvalue weighted by molar-refractivity contribution is -0.148. The van der Waals surface area contributed by atoms with Gasteiger partial charge in [-0.25, -0.2) is 9.59 Å². The minimum atomic E-state index is -1.10. The van der Waals surface area contributed by atoms with E-state index in [1.807, 2.05) is 22.6 Å². The number of halogens is 2. The van der Waals surface area contributed by atoms with Gasteiger partial charge in [0.15, 0.2) is 6.61 Å². The number of methoxy groups -OCH3 is 1. The van der Waals surface area contributed by atoms with E-state index >= 15 is 0 Å². The van der Waals surface area contributed by atoms with Crippen molar-refractivity contribution in [2.75, 3.05) is 13.7 Å². The second-order valence-electron chi connectivity index (χ2n) is 5.25. The Labute approximate surface area is 180 Å². The van der Waals surface area contributed by atoms with Crippen LogP contribution < -0.4 is 4.74 Å². The molecule has 0 unspecified atom stereocenters. The van der Waals surface area contributed by atoms with Crippen LogP contribution in [0.1, 0.15) is 12.5 Å². The van der Waals surface area contributed by atoms with Crippen LogP contribution in [0, 0.1) is 3.57 Å². The highest BCUT2D eigenvalue weighted by molar-refractivity contribution is 14.1. The van der Waals surface area contributed by atoms with Gasteiger partial charge in [-0.1, -0.05) is 0 Å². The molecule has 1 fully saturated rings. The Bertz CT molecular complexity index is 834. The first-order valence-corrected chi connectivity index (χ1v) is 10.0. The van der Waals surface area contributed by atoms with Crippen LogP contribution in [0.15, 0.2) is 21.5 Å². The molecular weight excluding hydrogens is 557 g/mol. The molecule has 11 heteroatoms. The van der Waals surface area contributed by atoms with Gasteiger partial charge in [-0.15, -0.1) is 0 Å². The number of ether oxygens (including phenoxy) is 2. The topological polar surface area (TPSA) is 110 Å². The summed E-state index contributed by atoms with van der Waals surface area (Å²) in [5.41, 5.74) is 0.602. The molecule has 8 nitrogen and oxygen atoms in total. The predicted molar refractivity (Wildman–Crippen MR) is 109 cm³/mol. The smallest absolute Gasteiger partial charge is 0.341 e. The van der Waals surface area contributed by atoms with E-state index in [1.54, 1.807) is 12.1 Å². The van der Waals surface area contributed by atoms with Crippen molar-refractivity contribution < 1.29 is 33.8 Å². The van der Waals surface area contributed by atoms with Crippen molar-refractivity contribution in [1.82, 2.24) is 4.90 Å². The Balaban J connectivity index is 2.29. The molecule has 2 amide bonds. The van der Waals surface area contributed by atoms with Crippen LogP contribution in [-0.4, -0.2) is 52.8 Å². The number of hydrogen-bond donors (Lipinski definition) is 1. The Morgan fingerprint density at radius 3 is 2.63 bits per heavy atom. The van der Waals surface area contributed by atoms with Crippen molar-refractivity contribution in [3.63, 3.8) is 0 Å². The number of rotatable bonds is 6. The van der Waals surface area contributed by atoms with E-state index < -0.39 is 35.7 Å². The first kappa shape index (κ1) is 21.7. The third-order valence-electron chi connectivity index (χ3n) is 3.41. The van der Waals surface area contributed by atoms with E-state index in [9.17, 15) is 19.2 Å². The number of hydrogen-bond acceptors (Lipinski definition) is 7. The molecule has 1 aromatic rings. The number of carbonyl (C=O) groups excluding carboxylic acids is 3. The summed E-state index contributed by atoms with van der Waals surface area (Å²) in [5, 5.41) is 8.16. The van der Waals surface area contributed by atoms with Gasteiger partial charge in [0.1, 0.15) is 11.8 Å². The maximum absolute atomic E-state index is 12.5. The van der Waals surface area contributed by atoms with Gasteiger partial charge < -0.3 is 14.6 Å². The summed E-state index contributed by atoms with van der Waals surface area (Å²) in [7, 11) is 1.18. The van der Waals surface area contributed by atoms with Gasteiger partial charge in [-0.3, -0.25) is 14.5 Å². The molecular formula is C16H13BrINO7S. The molecule has 0 spiro atoms. The third-order valence-corrected chi connectivity index (χ3v) is 5.69. The quantitative estimate of drug-likeness (QED) is 0.316. The molecule has 27 heavy (non-hydrogen) atoms. The fourth-order valence-corrected chi connectivity index (χ4v) is 4.85. The molecule has 144 valence electrons. The van der Waals surface area contributed by atoms with Gasteiger partial charge in [0.2, 0.25) is 0 Å². The minimum absolute atomic E-state index is 0.164. The molecule has 1 aliphatic heterocycles. The first-order valence-electron chi connectivity index (χ1n) is 7.34. The van der Waals surface area contributed by atoms with Crippen LogP contribution in [0.4, 0.5) is 4.79 Å². The molecule has 0 aliphatic carbocycles. The van der Waals surface area contributed by atoms with E-state index in [2.05, 4.69) is 20.7 Å². The molecule has 0 aromatic heterocycles. The normalized spacial score (nSPS) is 16.6. The zero-order valence-electron chi connectivity index (χ0n) is 14.0. The van der Waals surface area contributed by atoms with E-state index in [4.69, 9.17) is 9.84 Å². The number of carboxylic acids is 1. The van der Waals surface area contributed by atoms with Crippen LogP contribution in [0.2, 0.25) is 0 Å². The molecule has 1 saturated heterocycles. The zero-order valence-corrected chi connectivity index (χ0v) is 18.6. The molecule has 1 atom stereocenters. The van der Waals surface area contributed by atoms with Gasteiger partial charge >= 0.3 is 11.9 Å². The second-order valence-corrected chi connectivity index (χ2v) is 8.26. The second kappa shape index (κ2) is 9.06. The molecule has 1 aliphatic rings.